The van der Waals surface area contributed by atoms with E-state index in [4.69, 9.17) is 10.5 Å². The second-order valence-electron chi connectivity index (χ2n) is 4.98. The fraction of sp³-hybridized carbons (Fsp3) is 1.00. The summed E-state index contributed by atoms with van der Waals surface area (Å²) >= 11 is 0. The van der Waals surface area contributed by atoms with Crippen molar-refractivity contribution in [3.05, 3.63) is 0 Å². The van der Waals surface area contributed by atoms with Gasteiger partial charge in [0.15, 0.2) is 0 Å². The van der Waals surface area contributed by atoms with Crippen molar-refractivity contribution in [2.24, 2.45) is 5.73 Å². The van der Waals surface area contributed by atoms with E-state index in [2.05, 4.69) is 23.9 Å². The van der Waals surface area contributed by atoms with Crippen LogP contribution in [0.5, 0.6) is 0 Å². The molecule has 0 amide bonds. The summed E-state index contributed by atoms with van der Waals surface area (Å²) in [7, 11) is 6.04. The first-order valence-electron chi connectivity index (χ1n) is 6.29. The van der Waals surface area contributed by atoms with E-state index in [1.165, 1.54) is 25.9 Å². The number of ether oxygens (including phenoxy) is 1. The number of hydrogen-bond donors (Lipinski definition) is 1. The Morgan fingerprint density at radius 1 is 1.50 bits per heavy atom. The van der Waals surface area contributed by atoms with Gasteiger partial charge >= 0.3 is 0 Å². The first-order chi connectivity index (χ1) is 7.67. The Morgan fingerprint density at radius 3 is 2.81 bits per heavy atom. The smallest absolute Gasteiger partial charge is 0.0705 e. The van der Waals surface area contributed by atoms with Crippen LogP contribution in [0, 0.1) is 0 Å². The SMILES string of the molecule is COC(CN)CCN1CCCC1CN(C)C. The highest BCUT2D eigenvalue weighted by molar-refractivity contribution is 4.81. The molecule has 0 radical (unpaired) electrons. The van der Waals surface area contributed by atoms with Crippen LogP contribution in [-0.4, -0.2) is 69.3 Å². The Labute approximate surface area is 99.7 Å². The van der Waals surface area contributed by atoms with Gasteiger partial charge < -0.3 is 15.4 Å². The number of hydrogen-bond acceptors (Lipinski definition) is 4. The van der Waals surface area contributed by atoms with Gasteiger partial charge in [-0.1, -0.05) is 0 Å². The van der Waals surface area contributed by atoms with E-state index in [0.717, 1.165) is 19.0 Å². The minimum absolute atomic E-state index is 0.223. The summed E-state index contributed by atoms with van der Waals surface area (Å²) in [5, 5.41) is 0. The monoisotopic (exact) mass is 229 g/mol. The largest absolute Gasteiger partial charge is 0.380 e. The molecular weight excluding hydrogens is 202 g/mol. The second kappa shape index (κ2) is 7.22. The van der Waals surface area contributed by atoms with Gasteiger partial charge in [0.25, 0.3) is 0 Å². The maximum atomic E-state index is 5.63. The van der Waals surface area contributed by atoms with Crippen molar-refractivity contribution >= 4 is 0 Å². The van der Waals surface area contributed by atoms with Crippen LogP contribution in [0.25, 0.3) is 0 Å². The molecule has 1 fully saturated rings. The number of methoxy groups -OCH3 is 1. The molecule has 1 heterocycles. The van der Waals surface area contributed by atoms with Gasteiger partial charge in [0.05, 0.1) is 6.10 Å². The number of nitrogens with two attached hydrogens (primary N) is 1. The highest BCUT2D eigenvalue weighted by atomic mass is 16.5. The molecule has 0 aromatic carbocycles. The average molecular weight is 229 g/mol. The van der Waals surface area contributed by atoms with Gasteiger partial charge in [-0.25, -0.2) is 0 Å². The summed E-state index contributed by atoms with van der Waals surface area (Å²) < 4.78 is 5.31. The Hall–Kier alpha value is -0.160. The molecular formula is C12H27N3O. The van der Waals surface area contributed by atoms with Crippen molar-refractivity contribution < 1.29 is 4.74 Å². The van der Waals surface area contributed by atoms with E-state index in [9.17, 15) is 0 Å². The highest BCUT2D eigenvalue weighted by Gasteiger charge is 2.24. The molecule has 0 saturated carbocycles. The molecule has 4 heteroatoms. The van der Waals surface area contributed by atoms with Crippen LogP contribution in [0.2, 0.25) is 0 Å². The molecule has 0 aromatic rings. The third-order valence-corrected chi connectivity index (χ3v) is 3.41. The zero-order valence-electron chi connectivity index (χ0n) is 11.0. The molecule has 0 aromatic heterocycles. The van der Waals surface area contributed by atoms with E-state index >= 15 is 0 Å². The predicted molar refractivity (Wildman–Crippen MR) is 67.6 cm³/mol. The van der Waals surface area contributed by atoms with Crippen LogP contribution >= 0.6 is 0 Å². The Morgan fingerprint density at radius 2 is 2.25 bits per heavy atom. The number of likely N-dealkylation sites (tertiary alicyclic amines) is 1. The second-order valence-corrected chi connectivity index (χ2v) is 4.98. The molecule has 96 valence electrons. The van der Waals surface area contributed by atoms with Crippen molar-refractivity contribution in [3.63, 3.8) is 0 Å². The Kier molecular flexibility index (Phi) is 6.28. The maximum absolute atomic E-state index is 5.63. The standard InChI is InChI=1S/C12H27N3O/c1-14(2)10-11-5-4-7-15(11)8-6-12(9-13)16-3/h11-12H,4-10,13H2,1-3H3. The van der Waals surface area contributed by atoms with E-state index in [-0.39, 0.29) is 6.10 Å². The van der Waals surface area contributed by atoms with E-state index in [1.807, 2.05) is 0 Å². The minimum Gasteiger partial charge on any atom is -0.380 e. The molecule has 1 aliphatic rings. The zero-order chi connectivity index (χ0) is 12.0. The van der Waals surface area contributed by atoms with Crippen LogP contribution in [0.4, 0.5) is 0 Å². The first-order valence-corrected chi connectivity index (χ1v) is 6.29. The van der Waals surface area contributed by atoms with E-state index in [1.54, 1.807) is 7.11 Å². The summed E-state index contributed by atoms with van der Waals surface area (Å²) in [6.45, 7) is 4.15. The van der Waals surface area contributed by atoms with E-state index < -0.39 is 0 Å². The zero-order valence-corrected chi connectivity index (χ0v) is 11.0. The molecule has 0 spiro atoms. The molecule has 1 saturated heterocycles. The first kappa shape index (κ1) is 13.9. The lowest BCUT2D eigenvalue weighted by atomic mass is 10.2. The molecule has 0 bridgehead atoms. The topological polar surface area (TPSA) is 41.7 Å². The van der Waals surface area contributed by atoms with Crippen LogP contribution in [0.15, 0.2) is 0 Å². The summed E-state index contributed by atoms with van der Waals surface area (Å²) in [5.74, 6) is 0. The summed E-state index contributed by atoms with van der Waals surface area (Å²) in [6, 6.07) is 0.727. The molecule has 2 unspecified atom stereocenters. The van der Waals surface area contributed by atoms with E-state index in [0.29, 0.717) is 6.54 Å². The van der Waals surface area contributed by atoms with Gasteiger partial charge in [0, 0.05) is 32.8 Å². The fourth-order valence-corrected chi connectivity index (χ4v) is 2.46. The van der Waals surface area contributed by atoms with Crippen molar-refractivity contribution in [1.82, 2.24) is 9.80 Å². The highest BCUT2D eigenvalue weighted by Crippen LogP contribution is 2.18. The lowest BCUT2D eigenvalue weighted by Crippen LogP contribution is -2.39. The van der Waals surface area contributed by atoms with Gasteiger partial charge in [-0.2, -0.15) is 0 Å². The lowest BCUT2D eigenvalue weighted by Gasteiger charge is -2.28. The average Bonchev–Trinajstić information content (AvgIpc) is 2.66. The summed E-state index contributed by atoms with van der Waals surface area (Å²) in [6.07, 6.45) is 3.94. The Bertz CT molecular complexity index is 183. The predicted octanol–water partition coefficient (Wildman–Crippen LogP) is 0.376. The van der Waals surface area contributed by atoms with Gasteiger partial charge in [-0.15, -0.1) is 0 Å². The quantitative estimate of drug-likeness (QED) is 0.685. The normalized spacial score (nSPS) is 24.2. The van der Waals surface area contributed by atoms with Crippen LogP contribution < -0.4 is 5.73 Å². The molecule has 1 rings (SSSR count). The fourth-order valence-electron chi connectivity index (χ4n) is 2.46. The summed E-state index contributed by atoms with van der Waals surface area (Å²) in [4.78, 5) is 4.86. The van der Waals surface area contributed by atoms with Crippen LogP contribution in [0.1, 0.15) is 19.3 Å². The number of likely N-dealkylation sites (N-methyl/N-ethyl adjacent to an activating group) is 1. The third-order valence-electron chi connectivity index (χ3n) is 3.41. The van der Waals surface area contributed by atoms with Crippen LogP contribution in [0.3, 0.4) is 0 Å². The number of nitrogens with zero attached hydrogens (tertiary/aromatic N) is 2. The molecule has 4 nitrogen and oxygen atoms in total. The molecule has 2 atom stereocenters. The molecule has 1 aliphatic heterocycles. The summed E-state index contributed by atoms with van der Waals surface area (Å²) in [5.41, 5.74) is 5.63. The van der Waals surface area contributed by atoms with Crippen molar-refractivity contribution in [3.8, 4) is 0 Å². The lowest BCUT2D eigenvalue weighted by molar-refractivity contribution is 0.0853. The number of rotatable bonds is 7. The van der Waals surface area contributed by atoms with Gasteiger partial charge in [0.1, 0.15) is 0 Å². The van der Waals surface area contributed by atoms with Gasteiger partial charge in [-0.05, 0) is 39.9 Å². The molecule has 0 aliphatic carbocycles. The molecule has 16 heavy (non-hydrogen) atoms. The van der Waals surface area contributed by atoms with Crippen molar-refractivity contribution in [2.45, 2.75) is 31.4 Å². The third kappa shape index (κ3) is 4.37. The van der Waals surface area contributed by atoms with Crippen molar-refractivity contribution in [1.29, 1.82) is 0 Å². The van der Waals surface area contributed by atoms with Gasteiger partial charge in [0.2, 0.25) is 0 Å². The minimum atomic E-state index is 0.223. The Balaban J connectivity index is 2.29. The van der Waals surface area contributed by atoms with Crippen LogP contribution in [-0.2, 0) is 4.74 Å². The maximum Gasteiger partial charge on any atom is 0.0705 e. The van der Waals surface area contributed by atoms with Gasteiger partial charge in [-0.3, -0.25) is 4.90 Å². The molecule has 2 N–H and O–H groups in total. The van der Waals surface area contributed by atoms with Crippen molar-refractivity contribution in [2.75, 3.05) is 47.4 Å².